The summed E-state index contributed by atoms with van der Waals surface area (Å²) in [5.41, 5.74) is 4.42. The van der Waals surface area contributed by atoms with Crippen LogP contribution >= 0.6 is 22.3 Å². The van der Waals surface area contributed by atoms with Gasteiger partial charge in [0, 0.05) is 35.6 Å². The van der Waals surface area contributed by atoms with Crippen LogP contribution in [0.15, 0.2) is 109 Å². The van der Waals surface area contributed by atoms with Gasteiger partial charge in [0.05, 0.1) is 36.1 Å². The highest BCUT2D eigenvalue weighted by molar-refractivity contribution is 8.12. The van der Waals surface area contributed by atoms with Crippen LogP contribution in [0.3, 0.4) is 0 Å². The van der Waals surface area contributed by atoms with Gasteiger partial charge >= 0.3 is 6.03 Å². The van der Waals surface area contributed by atoms with E-state index in [0.29, 0.717) is 33.3 Å². The molecule has 15 heteroatoms. The van der Waals surface area contributed by atoms with Crippen molar-refractivity contribution < 1.29 is 22.2 Å². The standard InChI is InChI=1S/C36H38ClN7O5S2/c1-26(2)40-36(45)44(49-51(3,46)47)19-18-42-17-16-32-34(42)35(39-25-38-32)41-29-14-15-33(31(37)20-29)48-30-22-43(21-27-10-6-4-7-11-27)50(24-30)23-28-12-8-5-9-13-28/h4-17,20,22,24-26H,18-19,21,23H2,1-3H3,(H,40,45)(H,38,39,41). The number of hydrogen-bond acceptors (Lipinski definition) is 9. The van der Waals surface area contributed by atoms with E-state index in [1.54, 1.807) is 38.2 Å². The van der Waals surface area contributed by atoms with Crippen molar-refractivity contribution in [3.8, 4) is 5.75 Å². The second kappa shape index (κ2) is 16.0. The fraction of sp³-hybridized carbons (Fsp3) is 0.222. The number of benzene rings is 3. The second-order valence-electron chi connectivity index (χ2n) is 12.1. The van der Waals surface area contributed by atoms with E-state index < -0.39 is 16.1 Å². The zero-order valence-electron chi connectivity index (χ0n) is 28.3. The van der Waals surface area contributed by atoms with E-state index in [-0.39, 0.29) is 29.8 Å². The number of aromatic nitrogens is 3. The minimum absolute atomic E-state index is 0.0655. The maximum Gasteiger partial charge on any atom is 0.342 e. The molecule has 1 aliphatic rings. The summed E-state index contributed by atoms with van der Waals surface area (Å²) in [6.07, 6.45) is 6.16. The van der Waals surface area contributed by atoms with Gasteiger partial charge in [0.15, 0.2) is 11.6 Å². The van der Waals surface area contributed by atoms with Crippen LogP contribution in [0.25, 0.3) is 11.0 Å². The number of allylic oxidation sites excluding steroid dienone is 1. The number of hydroxylamine groups is 2. The van der Waals surface area contributed by atoms with Crippen LogP contribution in [0, 0.1) is 0 Å². The number of rotatable bonds is 14. The summed E-state index contributed by atoms with van der Waals surface area (Å²) in [5, 5.41) is 9.32. The molecule has 0 aliphatic carbocycles. The van der Waals surface area contributed by atoms with E-state index in [4.69, 9.17) is 20.6 Å². The van der Waals surface area contributed by atoms with Crippen LogP contribution < -0.4 is 15.4 Å². The second-order valence-corrected chi connectivity index (χ2v) is 15.8. The van der Waals surface area contributed by atoms with Crippen molar-refractivity contribution in [3.63, 3.8) is 0 Å². The molecule has 0 bridgehead atoms. The van der Waals surface area contributed by atoms with Crippen LogP contribution in [-0.2, 0) is 33.2 Å². The average Bonchev–Trinajstić information content (AvgIpc) is 3.68. The highest BCUT2D eigenvalue weighted by Gasteiger charge is 2.22. The highest BCUT2D eigenvalue weighted by Crippen LogP contribution is 2.36. The molecule has 0 saturated carbocycles. The molecule has 5 aromatic rings. The lowest BCUT2D eigenvalue weighted by Crippen LogP contribution is -2.45. The Balaban J connectivity index is 1.18. The summed E-state index contributed by atoms with van der Waals surface area (Å²) >= 11 is 6.78. The molecule has 2 N–H and O–H groups in total. The van der Waals surface area contributed by atoms with Crippen molar-refractivity contribution in [2.24, 2.45) is 0 Å². The molecule has 1 unspecified atom stereocenters. The number of fused-ring (bicyclic) bond motifs is 1. The third-order valence-electron chi connectivity index (χ3n) is 7.54. The Morgan fingerprint density at radius 3 is 2.41 bits per heavy atom. The number of carbonyl (C=O) groups excluding carboxylic acids is 1. The van der Waals surface area contributed by atoms with Gasteiger partial charge in [-0.3, -0.25) is 0 Å². The van der Waals surface area contributed by atoms with Gasteiger partial charge in [-0.25, -0.2) is 14.8 Å². The highest BCUT2D eigenvalue weighted by atomic mass is 35.5. The molecular weight excluding hydrogens is 710 g/mol. The molecule has 0 spiro atoms. The summed E-state index contributed by atoms with van der Waals surface area (Å²) in [6.45, 7) is 4.41. The van der Waals surface area contributed by atoms with Crippen LogP contribution in [0.4, 0.5) is 16.3 Å². The molecule has 1 aliphatic heterocycles. The third-order valence-corrected chi connectivity index (χ3v) is 10.3. The van der Waals surface area contributed by atoms with Crippen molar-refractivity contribution in [1.29, 1.82) is 0 Å². The van der Waals surface area contributed by atoms with Gasteiger partial charge in [0.25, 0.3) is 10.1 Å². The van der Waals surface area contributed by atoms with Crippen molar-refractivity contribution in [2.75, 3.05) is 18.1 Å². The van der Waals surface area contributed by atoms with E-state index in [9.17, 15) is 13.2 Å². The van der Waals surface area contributed by atoms with Crippen LogP contribution in [-0.4, -0.2) is 62.6 Å². The Morgan fingerprint density at radius 2 is 1.73 bits per heavy atom. The van der Waals surface area contributed by atoms with Crippen molar-refractivity contribution in [3.05, 3.63) is 126 Å². The lowest BCUT2D eigenvalue weighted by Gasteiger charge is -2.22. The SMILES string of the molecule is CC(C)NC(=O)N(CCn1ccc2ncnc(Nc3ccc(OC4=CN(Cc5ccccc5)S(Cc5ccccc5)=C4)c(Cl)c3)c21)OS(C)(=O)=O. The minimum atomic E-state index is -3.95. The smallest absolute Gasteiger partial charge is 0.342 e. The first-order valence-corrected chi connectivity index (χ1v) is 19.7. The van der Waals surface area contributed by atoms with E-state index >= 15 is 0 Å². The Bertz CT molecular complexity index is 2180. The van der Waals surface area contributed by atoms with Gasteiger partial charge in [0.2, 0.25) is 0 Å². The Hall–Kier alpha value is -4.89. The molecule has 0 saturated heterocycles. The molecule has 2 aromatic heterocycles. The molecule has 3 aromatic carbocycles. The lowest BCUT2D eigenvalue weighted by molar-refractivity contribution is -0.00835. The van der Waals surface area contributed by atoms with Crippen molar-refractivity contribution >= 4 is 66.3 Å². The van der Waals surface area contributed by atoms with Gasteiger partial charge in [0.1, 0.15) is 17.6 Å². The van der Waals surface area contributed by atoms with Gasteiger partial charge < -0.3 is 24.2 Å². The number of hydrogen-bond donors (Lipinski definition) is 2. The van der Waals surface area contributed by atoms with Crippen LogP contribution in [0.5, 0.6) is 5.75 Å². The molecule has 0 radical (unpaired) electrons. The first kappa shape index (κ1) is 35.9. The average molecular weight is 748 g/mol. The lowest BCUT2D eigenvalue weighted by atomic mass is 10.2. The topological polar surface area (TPSA) is 131 Å². The van der Waals surface area contributed by atoms with Crippen LogP contribution in [0.2, 0.25) is 5.02 Å². The summed E-state index contributed by atoms with van der Waals surface area (Å²) in [4.78, 5) is 21.5. The number of nitrogens with one attached hydrogen (secondary N) is 2. The van der Waals surface area contributed by atoms with Crippen LogP contribution in [0.1, 0.15) is 25.0 Å². The zero-order chi connectivity index (χ0) is 36.0. The molecule has 12 nitrogen and oxygen atoms in total. The molecule has 3 heterocycles. The fourth-order valence-corrected chi connectivity index (χ4v) is 7.88. The normalized spacial score (nSPS) is 14.3. The van der Waals surface area contributed by atoms with Gasteiger partial charge in [-0.2, -0.15) is 13.5 Å². The van der Waals surface area contributed by atoms with Gasteiger partial charge in [-0.1, -0.05) is 82.9 Å². The van der Waals surface area contributed by atoms with Crippen molar-refractivity contribution in [1.82, 2.24) is 29.2 Å². The Kier molecular flexibility index (Phi) is 11.3. The predicted molar refractivity (Wildman–Crippen MR) is 203 cm³/mol. The van der Waals surface area contributed by atoms with Crippen molar-refractivity contribution in [2.45, 2.75) is 38.7 Å². The van der Waals surface area contributed by atoms with E-state index in [1.165, 1.54) is 17.5 Å². The number of carbonyl (C=O) groups is 1. The largest absolute Gasteiger partial charge is 0.454 e. The first-order valence-electron chi connectivity index (χ1n) is 16.1. The Labute approximate surface area is 304 Å². The number of urea groups is 1. The summed E-state index contributed by atoms with van der Waals surface area (Å²) in [7, 11) is -4.17. The minimum Gasteiger partial charge on any atom is -0.454 e. The monoisotopic (exact) mass is 747 g/mol. The molecular formula is C36H38ClN7O5S2. The summed E-state index contributed by atoms with van der Waals surface area (Å²) in [6, 6.07) is 27.1. The number of ether oxygens (including phenoxy) is 1. The number of nitrogens with zero attached hydrogens (tertiary/aromatic N) is 5. The fourth-order valence-electron chi connectivity index (χ4n) is 5.34. The quantitative estimate of drug-likeness (QED) is 0.0906. The number of amides is 2. The predicted octanol–water partition coefficient (Wildman–Crippen LogP) is 7.06. The molecule has 1 atom stereocenters. The number of halogens is 1. The van der Waals surface area contributed by atoms with E-state index in [1.807, 2.05) is 41.1 Å². The first-order chi connectivity index (χ1) is 24.5. The van der Waals surface area contributed by atoms with E-state index in [0.717, 1.165) is 29.4 Å². The summed E-state index contributed by atoms with van der Waals surface area (Å²) in [5.74, 6) is 2.58. The molecule has 51 heavy (non-hydrogen) atoms. The number of anilines is 2. The van der Waals surface area contributed by atoms with Gasteiger partial charge in [-0.15, -0.1) is 4.28 Å². The molecule has 6 rings (SSSR count). The maximum absolute atomic E-state index is 12.7. The summed E-state index contributed by atoms with van der Waals surface area (Å²) < 4.78 is 39.2. The zero-order valence-corrected chi connectivity index (χ0v) is 30.7. The third kappa shape index (κ3) is 9.67. The molecule has 266 valence electrons. The van der Waals surface area contributed by atoms with E-state index in [2.05, 4.69) is 66.7 Å². The maximum atomic E-state index is 12.7. The molecule has 2 amide bonds. The molecule has 0 fully saturated rings. The Morgan fingerprint density at radius 1 is 1.00 bits per heavy atom. The van der Waals surface area contributed by atoms with Gasteiger partial charge in [-0.05, 0) is 49.2 Å².